The van der Waals surface area contributed by atoms with Crippen LogP contribution in [0.25, 0.3) is 22.6 Å². The molecule has 2 aromatic heterocycles. The van der Waals surface area contributed by atoms with Gasteiger partial charge in [0, 0.05) is 45.0 Å². The molecule has 0 fully saturated rings. The number of aromatic nitrogens is 3. The van der Waals surface area contributed by atoms with Crippen molar-refractivity contribution in [1.82, 2.24) is 14.5 Å². The van der Waals surface area contributed by atoms with E-state index in [0.717, 1.165) is 42.1 Å². The van der Waals surface area contributed by atoms with Gasteiger partial charge in [0.25, 0.3) is 0 Å². The molecule has 0 radical (unpaired) electrons. The van der Waals surface area contributed by atoms with Crippen LogP contribution < -0.4 is 0 Å². The first kappa shape index (κ1) is 18.3. The van der Waals surface area contributed by atoms with Crippen molar-refractivity contribution in [2.24, 2.45) is 7.05 Å². The van der Waals surface area contributed by atoms with Crippen LogP contribution in [0.1, 0.15) is 0 Å². The lowest BCUT2D eigenvalue weighted by Gasteiger charge is -2.08. The molecule has 0 spiro atoms. The first-order valence-electron chi connectivity index (χ1n) is 8.28. The molecule has 2 aromatic carbocycles. The minimum atomic E-state index is 0.731. The van der Waals surface area contributed by atoms with E-state index in [1.807, 2.05) is 55.6 Å². The predicted molar refractivity (Wildman–Crippen MR) is 115 cm³/mol. The Hall–Kier alpha value is -2.08. The Morgan fingerprint density at radius 3 is 2.22 bits per heavy atom. The summed E-state index contributed by atoms with van der Waals surface area (Å²) < 4.78 is 3.18. The summed E-state index contributed by atoms with van der Waals surface area (Å²) in [7, 11) is 2.05. The van der Waals surface area contributed by atoms with E-state index in [2.05, 4.69) is 37.6 Å². The molecule has 0 saturated heterocycles. The molecule has 0 unspecified atom stereocenters. The van der Waals surface area contributed by atoms with Gasteiger partial charge in [0.2, 0.25) is 0 Å². The fourth-order valence-electron chi connectivity index (χ4n) is 2.77. The van der Waals surface area contributed by atoms with E-state index in [1.54, 1.807) is 24.2 Å². The summed E-state index contributed by atoms with van der Waals surface area (Å²) in [5.74, 6) is 0.909. The zero-order valence-electron chi connectivity index (χ0n) is 14.4. The Morgan fingerprint density at radius 2 is 1.56 bits per heavy atom. The molecular weight excluding hydrogens is 442 g/mol. The summed E-state index contributed by atoms with van der Waals surface area (Å²) >= 11 is 11.2. The average molecular weight is 457 g/mol. The monoisotopic (exact) mass is 455 g/mol. The van der Waals surface area contributed by atoms with Gasteiger partial charge < -0.3 is 4.57 Å². The van der Waals surface area contributed by atoms with Crippen LogP contribution in [-0.4, -0.2) is 14.5 Å². The molecule has 2 heterocycles. The molecule has 0 N–H and O–H groups in total. The highest BCUT2D eigenvalue weighted by molar-refractivity contribution is 9.10. The molecule has 0 aliphatic heterocycles. The van der Waals surface area contributed by atoms with Crippen LogP contribution in [0.3, 0.4) is 0 Å². The highest BCUT2D eigenvalue weighted by Crippen LogP contribution is 2.38. The smallest absolute Gasteiger partial charge is 0.141 e. The molecule has 0 aliphatic carbocycles. The van der Waals surface area contributed by atoms with Crippen molar-refractivity contribution < 1.29 is 0 Å². The van der Waals surface area contributed by atoms with E-state index in [9.17, 15) is 0 Å². The zero-order chi connectivity index (χ0) is 18.8. The molecule has 0 aliphatic rings. The molecule has 0 saturated carbocycles. The van der Waals surface area contributed by atoms with E-state index in [4.69, 9.17) is 16.6 Å². The molecule has 4 rings (SSSR count). The second-order valence-corrected chi connectivity index (χ2v) is 8.36. The van der Waals surface area contributed by atoms with Gasteiger partial charge in [-0.2, -0.15) is 0 Å². The van der Waals surface area contributed by atoms with Gasteiger partial charge in [0.05, 0.1) is 0 Å². The normalized spacial score (nSPS) is 10.9. The molecule has 0 bridgehead atoms. The topological polar surface area (TPSA) is 30.7 Å². The van der Waals surface area contributed by atoms with Gasteiger partial charge in [-0.1, -0.05) is 51.4 Å². The quantitative estimate of drug-likeness (QED) is 0.341. The molecule has 6 heteroatoms. The molecule has 134 valence electrons. The van der Waals surface area contributed by atoms with E-state index in [0.29, 0.717) is 0 Å². The summed E-state index contributed by atoms with van der Waals surface area (Å²) in [6, 6.07) is 20.0. The van der Waals surface area contributed by atoms with Crippen LogP contribution in [0.4, 0.5) is 0 Å². The van der Waals surface area contributed by atoms with Crippen molar-refractivity contribution in [3.8, 4) is 22.6 Å². The van der Waals surface area contributed by atoms with Gasteiger partial charge in [-0.15, -0.1) is 0 Å². The van der Waals surface area contributed by atoms with Crippen LogP contribution in [0.5, 0.6) is 0 Å². The van der Waals surface area contributed by atoms with E-state index in [-0.39, 0.29) is 0 Å². The summed E-state index contributed by atoms with van der Waals surface area (Å²) in [5, 5.41) is 1.81. The Kier molecular flexibility index (Phi) is 5.34. The SMILES string of the molecule is Cn1c(-c2ccncc2)nc(-c2ccc(Br)cc2)c1Sc1ccc(Cl)cc1. The lowest BCUT2D eigenvalue weighted by molar-refractivity contribution is 0.835. The lowest BCUT2D eigenvalue weighted by Crippen LogP contribution is -1.94. The maximum Gasteiger partial charge on any atom is 0.141 e. The number of halogens is 2. The van der Waals surface area contributed by atoms with Crippen molar-refractivity contribution >= 4 is 39.3 Å². The minimum Gasteiger partial charge on any atom is -0.322 e. The van der Waals surface area contributed by atoms with E-state index < -0.39 is 0 Å². The van der Waals surface area contributed by atoms with Crippen LogP contribution in [0, 0.1) is 0 Å². The number of imidazole rings is 1. The minimum absolute atomic E-state index is 0.731. The summed E-state index contributed by atoms with van der Waals surface area (Å²) in [4.78, 5) is 10.2. The van der Waals surface area contributed by atoms with E-state index >= 15 is 0 Å². The highest BCUT2D eigenvalue weighted by atomic mass is 79.9. The zero-order valence-corrected chi connectivity index (χ0v) is 17.6. The highest BCUT2D eigenvalue weighted by Gasteiger charge is 2.18. The van der Waals surface area contributed by atoms with Crippen LogP contribution in [0.15, 0.2) is 87.5 Å². The average Bonchev–Trinajstić information content (AvgIpc) is 3.01. The summed E-state index contributed by atoms with van der Waals surface area (Å²) in [6.07, 6.45) is 3.57. The van der Waals surface area contributed by atoms with Crippen molar-refractivity contribution in [2.75, 3.05) is 0 Å². The molecular formula is C21H15BrClN3S. The number of benzene rings is 2. The molecule has 0 atom stereocenters. The third-order valence-corrected chi connectivity index (χ3v) is 6.08. The van der Waals surface area contributed by atoms with Gasteiger partial charge >= 0.3 is 0 Å². The summed E-state index contributed by atoms with van der Waals surface area (Å²) in [6.45, 7) is 0. The second-order valence-electron chi connectivity index (χ2n) is 5.95. The second kappa shape index (κ2) is 7.89. The van der Waals surface area contributed by atoms with Crippen molar-refractivity contribution in [2.45, 2.75) is 9.92 Å². The molecule has 3 nitrogen and oxygen atoms in total. The Morgan fingerprint density at radius 1 is 0.889 bits per heavy atom. The van der Waals surface area contributed by atoms with Gasteiger partial charge in [-0.3, -0.25) is 4.98 Å². The number of pyridine rings is 1. The number of nitrogens with zero attached hydrogens (tertiary/aromatic N) is 3. The first-order valence-corrected chi connectivity index (χ1v) is 10.3. The van der Waals surface area contributed by atoms with Crippen LogP contribution in [0.2, 0.25) is 5.02 Å². The van der Waals surface area contributed by atoms with Crippen molar-refractivity contribution in [1.29, 1.82) is 0 Å². The van der Waals surface area contributed by atoms with Crippen molar-refractivity contribution in [3.63, 3.8) is 0 Å². The first-order chi connectivity index (χ1) is 13.1. The Balaban J connectivity index is 1.85. The predicted octanol–water partition coefficient (Wildman–Crippen LogP) is 6.72. The summed E-state index contributed by atoms with van der Waals surface area (Å²) in [5.41, 5.74) is 3.07. The Labute approximate surface area is 175 Å². The van der Waals surface area contributed by atoms with Gasteiger partial charge in [0.15, 0.2) is 0 Å². The largest absolute Gasteiger partial charge is 0.322 e. The standard InChI is InChI=1S/C21H15BrClN3S/c1-26-20(15-10-12-24-13-11-15)25-19(14-2-4-16(22)5-3-14)21(26)27-18-8-6-17(23)7-9-18/h2-13H,1H3. The maximum atomic E-state index is 6.03. The van der Waals surface area contributed by atoms with Crippen molar-refractivity contribution in [3.05, 3.63) is 82.6 Å². The molecule has 4 aromatic rings. The number of hydrogen-bond donors (Lipinski definition) is 0. The third kappa shape index (κ3) is 3.95. The lowest BCUT2D eigenvalue weighted by atomic mass is 10.2. The molecule has 27 heavy (non-hydrogen) atoms. The molecule has 0 amide bonds. The van der Waals surface area contributed by atoms with Gasteiger partial charge in [-0.25, -0.2) is 4.98 Å². The fourth-order valence-corrected chi connectivity index (χ4v) is 4.14. The van der Waals surface area contributed by atoms with Crippen LogP contribution >= 0.6 is 39.3 Å². The number of hydrogen-bond acceptors (Lipinski definition) is 3. The maximum absolute atomic E-state index is 6.03. The fraction of sp³-hybridized carbons (Fsp3) is 0.0476. The van der Waals surface area contributed by atoms with Crippen LogP contribution in [-0.2, 0) is 7.05 Å². The number of rotatable bonds is 4. The van der Waals surface area contributed by atoms with Gasteiger partial charge in [-0.05, 0) is 48.5 Å². The van der Waals surface area contributed by atoms with E-state index in [1.165, 1.54) is 0 Å². The third-order valence-electron chi connectivity index (χ3n) is 4.13. The van der Waals surface area contributed by atoms with Gasteiger partial charge in [0.1, 0.15) is 16.5 Å². The Bertz CT molecular complexity index is 1060.